The van der Waals surface area contributed by atoms with Crippen LogP contribution in [0.3, 0.4) is 0 Å². The van der Waals surface area contributed by atoms with Crippen LogP contribution in [-0.4, -0.2) is 24.5 Å². The van der Waals surface area contributed by atoms with E-state index in [-0.39, 0.29) is 11.8 Å². The first kappa shape index (κ1) is 18.1. The van der Waals surface area contributed by atoms with Gasteiger partial charge in [0, 0.05) is 6.42 Å². The first-order valence-electron chi connectivity index (χ1n) is 8.56. The van der Waals surface area contributed by atoms with E-state index in [4.69, 9.17) is 9.47 Å². The van der Waals surface area contributed by atoms with Gasteiger partial charge in [-0.1, -0.05) is 12.8 Å². The van der Waals surface area contributed by atoms with Crippen LogP contribution >= 0.6 is 0 Å². The number of hydrogen-bond acceptors (Lipinski definition) is 4. The van der Waals surface area contributed by atoms with Crippen LogP contribution in [0.2, 0.25) is 0 Å². The zero-order chi connectivity index (χ0) is 17.4. The van der Waals surface area contributed by atoms with Crippen LogP contribution in [0.5, 0.6) is 11.5 Å². The van der Waals surface area contributed by atoms with E-state index in [2.05, 4.69) is 10.9 Å². The van der Waals surface area contributed by atoms with Gasteiger partial charge in [-0.3, -0.25) is 20.4 Å². The first-order chi connectivity index (χ1) is 11.6. The highest BCUT2D eigenvalue weighted by atomic mass is 16.5. The Hall–Kier alpha value is -2.24. The monoisotopic (exact) mass is 334 g/mol. The minimum absolute atomic E-state index is 0.150. The lowest BCUT2D eigenvalue weighted by Gasteiger charge is -2.16. The van der Waals surface area contributed by atoms with Gasteiger partial charge >= 0.3 is 0 Å². The molecule has 1 atom stereocenters. The standard InChI is InChI=1S/C18H26N2O4/c1-3-23-15-8-10-16(11-9-15)24-13(2)18(22)20-19-17(21)12-14-6-4-5-7-14/h8-11,13-14H,3-7,12H2,1-2H3,(H,19,21)(H,20,22). The summed E-state index contributed by atoms with van der Waals surface area (Å²) in [6.07, 6.45) is 4.33. The largest absolute Gasteiger partial charge is 0.494 e. The highest BCUT2D eigenvalue weighted by Gasteiger charge is 2.20. The van der Waals surface area contributed by atoms with Crippen LogP contribution in [0.4, 0.5) is 0 Å². The summed E-state index contributed by atoms with van der Waals surface area (Å²) in [5, 5.41) is 0. The topological polar surface area (TPSA) is 76.7 Å². The molecule has 2 N–H and O–H groups in total. The van der Waals surface area contributed by atoms with Gasteiger partial charge in [0.15, 0.2) is 6.10 Å². The van der Waals surface area contributed by atoms with Gasteiger partial charge in [-0.05, 0) is 56.9 Å². The number of amides is 2. The van der Waals surface area contributed by atoms with Gasteiger partial charge in [-0.2, -0.15) is 0 Å². The predicted molar refractivity (Wildman–Crippen MR) is 90.6 cm³/mol. The lowest BCUT2D eigenvalue weighted by Crippen LogP contribution is -2.47. The van der Waals surface area contributed by atoms with Crippen molar-refractivity contribution in [3.8, 4) is 11.5 Å². The summed E-state index contributed by atoms with van der Waals surface area (Å²) < 4.78 is 10.9. The third-order valence-corrected chi connectivity index (χ3v) is 4.09. The van der Waals surface area contributed by atoms with Crippen molar-refractivity contribution in [2.24, 2.45) is 5.92 Å². The molecule has 1 fully saturated rings. The van der Waals surface area contributed by atoms with Crippen LogP contribution in [0.15, 0.2) is 24.3 Å². The molecule has 0 aliphatic heterocycles. The lowest BCUT2D eigenvalue weighted by molar-refractivity contribution is -0.133. The van der Waals surface area contributed by atoms with E-state index in [0.717, 1.165) is 18.6 Å². The Morgan fingerprint density at radius 3 is 2.38 bits per heavy atom. The van der Waals surface area contributed by atoms with Crippen LogP contribution < -0.4 is 20.3 Å². The van der Waals surface area contributed by atoms with Gasteiger partial charge in [0.05, 0.1) is 6.61 Å². The highest BCUT2D eigenvalue weighted by Crippen LogP contribution is 2.27. The molecular formula is C18H26N2O4. The fraction of sp³-hybridized carbons (Fsp3) is 0.556. The summed E-state index contributed by atoms with van der Waals surface area (Å²) >= 11 is 0. The molecule has 6 heteroatoms. The van der Waals surface area contributed by atoms with Crippen molar-refractivity contribution in [3.05, 3.63) is 24.3 Å². The predicted octanol–water partition coefficient (Wildman–Crippen LogP) is 2.58. The molecule has 0 radical (unpaired) electrons. The van der Waals surface area contributed by atoms with Crippen molar-refractivity contribution in [2.75, 3.05) is 6.61 Å². The molecule has 1 aliphatic rings. The maximum atomic E-state index is 12.0. The van der Waals surface area contributed by atoms with E-state index in [9.17, 15) is 9.59 Å². The molecule has 132 valence electrons. The van der Waals surface area contributed by atoms with Crippen molar-refractivity contribution >= 4 is 11.8 Å². The second-order valence-electron chi connectivity index (χ2n) is 6.06. The minimum atomic E-state index is -0.713. The van der Waals surface area contributed by atoms with Crippen molar-refractivity contribution in [3.63, 3.8) is 0 Å². The number of hydrogen-bond donors (Lipinski definition) is 2. The van der Waals surface area contributed by atoms with Crippen LogP contribution in [0, 0.1) is 5.92 Å². The smallest absolute Gasteiger partial charge is 0.279 e. The molecule has 24 heavy (non-hydrogen) atoms. The summed E-state index contributed by atoms with van der Waals surface area (Å²) in [5.41, 5.74) is 4.88. The summed E-state index contributed by atoms with van der Waals surface area (Å²) in [6, 6.07) is 7.06. The molecule has 0 saturated heterocycles. The second kappa shape index (κ2) is 9.15. The zero-order valence-corrected chi connectivity index (χ0v) is 14.3. The minimum Gasteiger partial charge on any atom is -0.494 e. The number of carbonyl (C=O) groups excluding carboxylic acids is 2. The van der Waals surface area contributed by atoms with Crippen molar-refractivity contribution < 1.29 is 19.1 Å². The van der Waals surface area contributed by atoms with Crippen LogP contribution in [0.25, 0.3) is 0 Å². The van der Waals surface area contributed by atoms with Gasteiger partial charge in [-0.25, -0.2) is 0 Å². The molecule has 0 heterocycles. The van der Waals surface area contributed by atoms with Crippen molar-refractivity contribution in [1.82, 2.24) is 10.9 Å². The molecule has 1 saturated carbocycles. The van der Waals surface area contributed by atoms with Gasteiger partial charge in [0.2, 0.25) is 5.91 Å². The fourth-order valence-electron chi connectivity index (χ4n) is 2.80. The molecule has 2 amide bonds. The Balaban J connectivity index is 1.71. The molecule has 0 spiro atoms. The lowest BCUT2D eigenvalue weighted by atomic mass is 10.0. The fourth-order valence-corrected chi connectivity index (χ4v) is 2.80. The number of benzene rings is 1. The van der Waals surface area contributed by atoms with Crippen LogP contribution in [-0.2, 0) is 9.59 Å². The molecule has 1 unspecified atom stereocenters. The molecule has 6 nitrogen and oxygen atoms in total. The van der Waals surface area contributed by atoms with Crippen molar-refractivity contribution in [1.29, 1.82) is 0 Å². The average molecular weight is 334 g/mol. The van der Waals surface area contributed by atoms with Gasteiger partial charge < -0.3 is 9.47 Å². The number of ether oxygens (including phenoxy) is 2. The summed E-state index contributed by atoms with van der Waals surface area (Å²) in [6.45, 7) is 4.15. The number of carbonyl (C=O) groups is 2. The van der Waals surface area contributed by atoms with Crippen LogP contribution in [0.1, 0.15) is 46.0 Å². The normalized spacial score (nSPS) is 15.6. The molecule has 0 aromatic heterocycles. The van der Waals surface area contributed by atoms with E-state index in [1.165, 1.54) is 12.8 Å². The quantitative estimate of drug-likeness (QED) is 0.752. The maximum Gasteiger partial charge on any atom is 0.279 e. The molecular weight excluding hydrogens is 308 g/mol. The Labute approximate surface area is 142 Å². The molecule has 1 aromatic rings. The highest BCUT2D eigenvalue weighted by molar-refractivity contribution is 5.84. The third-order valence-electron chi connectivity index (χ3n) is 4.09. The SMILES string of the molecule is CCOc1ccc(OC(C)C(=O)NNC(=O)CC2CCCC2)cc1. The molecule has 2 rings (SSSR count). The average Bonchev–Trinajstić information content (AvgIpc) is 3.07. The number of hydrazine groups is 1. The van der Waals surface area contributed by atoms with Gasteiger partial charge in [0.25, 0.3) is 5.91 Å². The number of rotatable bonds is 7. The van der Waals surface area contributed by atoms with E-state index < -0.39 is 6.10 Å². The Morgan fingerprint density at radius 1 is 1.12 bits per heavy atom. The van der Waals surface area contributed by atoms with E-state index in [0.29, 0.717) is 24.7 Å². The maximum absolute atomic E-state index is 12.0. The van der Waals surface area contributed by atoms with E-state index in [1.54, 1.807) is 31.2 Å². The second-order valence-corrected chi connectivity index (χ2v) is 6.06. The summed E-state index contributed by atoms with van der Waals surface area (Å²) in [4.78, 5) is 23.8. The van der Waals surface area contributed by atoms with Gasteiger partial charge in [0.1, 0.15) is 11.5 Å². The first-order valence-corrected chi connectivity index (χ1v) is 8.56. The van der Waals surface area contributed by atoms with Crippen molar-refractivity contribution in [2.45, 2.75) is 52.1 Å². The molecule has 0 bridgehead atoms. The summed E-state index contributed by atoms with van der Waals surface area (Å²) in [7, 11) is 0. The third kappa shape index (κ3) is 5.76. The van der Waals surface area contributed by atoms with E-state index in [1.807, 2.05) is 6.92 Å². The number of nitrogens with one attached hydrogen (secondary N) is 2. The van der Waals surface area contributed by atoms with Gasteiger partial charge in [-0.15, -0.1) is 0 Å². The Bertz CT molecular complexity index is 538. The molecule has 1 aliphatic carbocycles. The Kier molecular flexibility index (Phi) is 6.90. The zero-order valence-electron chi connectivity index (χ0n) is 14.3. The van der Waals surface area contributed by atoms with E-state index >= 15 is 0 Å². The Morgan fingerprint density at radius 2 is 1.75 bits per heavy atom. The summed E-state index contributed by atoms with van der Waals surface area (Å²) in [5.74, 6) is 1.23. The molecule has 1 aromatic carbocycles.